The van der Waals surface area contributed by atoms with Crippen molar-refractivity contribution in [3.63, 3.8) is 0 Å². The van der Waals surface area contributed by atoms with E-state index < -0.39 is 0 Å². The number of carbonyl (C=O) groups excluding carboxylic acids is 1. The molecule has 1 saturated heterocycles. The van der Waals surface area contributed by atoms with Crippen LogP contribution < -0.4 is 10.1 Å². The van der Waals surface area contributed by atoms with Gasteiger partial charge < -0.3 is 14.8 Å². The summed E-state index contributed by atoms with van der Waals surface area (Å²) in [6.07, 6.45) is 4.65. The zero-order valence-corrected chi connectivity index (χ0v) is 14.4. The Kier molecular flexibility index (Phi) is 5.06. The van der Waals surface area contributed by atoms with Gasteiger partial charge in [-0.15, -0.1) is 0 Å². The lowest BCUT2D eigenvalue weighted by atomic mass is 9.97. The smallest absolute Gasteiger partial charge is 0.251 e. The third-order valence-electron chi connectivity index (χ3n) is 4.21. The summed E-state index contributed by atoms with van der Waals surface area (Å²) in [5.41, 5.74) is 1.57. The highest BCUT2D eigenvalue weighted by Gasteiger charge is 2.30. The van der Waals surface area contributed by atoms with E-state index in [0.717, 1.165) is 12.0 Å². The number of hydrogen-bond donors (Lipinski definition) is 1. The zero-order valence-electron chi connectivity index (χ0n) is 13.7. The number of rotatable bonds is 5. The first-order valence-electron chi connectivity index (χ1n) is 7.80. The Morgan fingerprint density at radius 3 is 3.08 bits per heavy atom. The molecule has 1 N–H and O–H groups in total. The second-order valence-electron chi connectivity index (χ2n) is 5.85. The molecule has 2 heterocycles. The predicted molar refractivity (Wildman–Crippen MR) is 90.3 cm³/mol. The molecule has 0 radical (unpaired) electrons. The molecule has 6 nitrogen and oxygen atoms in total. The number of hydrogen-bond acceptors (Lipinski definition) is 4. The molecule has 2 aromatic rings. The van der Waals surface area contributed by atoms with Gasteiger partial charge >= 0.3 is 0 Å². The van der Waals surface area contributed by atoms with Gasteiger partial charge in [0.1, 0.15) is 5.75 Å². The first-order chi connectivity index (χ1) is 11.6. The number of ether oxygens (including phenoxy) is 2. The molecule has 1 aromatic carbocycles. The predicted octanol–water partition coefficient (Wildman–Crippen LogP) is 2.59. The Bertz CT molecular complexity index is 732. The van der Waals surface area contributed by atoms with Gasteiger partial charge in [0.25, 0.3) is 5.91 Å². The summed E-state index contributed by atoms with van der Waals surface area (Å²) in [6, 6.07) is 4.98. The number of nitrogens with zero attached hydrogens (tertiary/aromatic N) is 2. The molecule has 128 valence electrons. The molecule has 24 heavy (non-hydrogen) atoms. The molecule has 7 heteroatoms. The van der Waals surface area contributed by atoms with Gasteiger partial charge in [-0.2, -0.15) is 5.10 Å². The first-order valence-corrected chi connectivity index (χ1v) is 8.18. The summed E-state index contributed by atoms with van der Waals surface area (Å²) in [5, 5.41) is 7.64. The molecule has 0 saturated carbocycles. The van der Waals surface area contributed by atoms with E-state index in [2.05, 4.69) is 10.4 Å². The van der Waals surface area contributed by atoms with Crippen molar-refractivity contribution in [3.05, 3.63) is 46.7 Å². The summed E-state index contributed by atoms with van der Waals surface area (Å²) in [6.45, 7) is 1.23. The number of benzene rings is 1. The van der Waals surface area contributed by atoms with Crippen molar-refractivity contribution in [2.24, 2.45) is 13.0 Å². The van der Waals surface area contributed by atoms with Gasteiger partial charge in [0.15, 0.2) is 0 Å². The van der Waals surface area contributed by atoms with E-state index in [1.165, 1.54) is 7.11 Å². The minimum Gasteiger partial charge on any atom is -0.495 e. The van der Waals surface area contributed by atoms with Crippen LogP contribution in [0.1, 0.15) is 28.4 Å². The highest BCUT2D eigenvalue weighted by molar-refractivity contribution is 6.32. The summed E-state index contributed by atoms with van der Waals surface area (Å²) < 4.78 is 12.7. The van der Waals surface area contributed by atoms with Crippen LogP contribution in [0.3, 0.4) is 0 Å². The fourth-order valence-corrected chi connectivity index (χ4v) is 3.12. The number of methoxy groups -OCH3 is 1. The van der Waals surface area contributed by atoms with E-state index >= 15 is 0 Å². The van der Waals surface area contributed by atoms with E-state index in [4.69, 9.17) is 21.1 Å². The van der Waals surface area contributed by atoms with Gasteiger partial charge in [-0.25, -0.2) is 0 Å². The quantitative estimate of drug-likeness (QED) is 0.901. The van der Waals surface area contributed by atoms with Crippen LogP contribution in [-0.4, -0.2) is 35.9 Å². The van der Waals surface area contributed by atoms with Gasteiger partial charge in [-0.05, 0) is 24.6 Å². The van der Waals surface area contributed by atoms with Gasteiger partial charge in [0.05, 0.1) is 24.4 Å². The van der Waals surface area contributed by atoms with Crippen LogP contribution in [0.2, 0.25) is 5.02 Å². The van der Waals surface area contributed by atoms with Gasteiger partial charge in [0.2, 0.25) is 0 Å². The number of halogens is 1. The maximum Gasteiger partial charge on any atom is 0.251 e. The molecule has 1 aliphatic heterocycles. The monoisotopic (exact) mass is 349 g/mol. The van der Waals surface area contributed by atoms with Gasteiger partial charge in [-0.1, -0.05) is 11.6 Å². The molecule has 3 rings (SSSR count). The Labute approximate surface area is 145 Å². The lowest BCUT2D eigenvalue weighted by Gasteiger charge is -2.18. The average Bonchev–Trinajstić information content (AvgIpc) is 3.21. The Morgan fingerprint density at radius 1 is 1.54 bits per heavy atom. The molecule has 0 aliphatic carbocycles. The van der Waals surface area contributed by atoms with Crippen LogP contribution in [0.25, 0.3) is 0 Å². The van der Waals surface area contributed by atoms with Crippen molar-refractivity contribution in [2.75, 3.05) is 20.3 Å². The maximum absolute atomic E-state index is 12.4. The lowest BCUT2D eigenvalue weighted by molar-refractivity contribution is 0.0846. The largest absolute Gasteiger partial charge is 0.495 e. The van der Waals surface area contributed by atoms with Crippen molar-refractivity contribution in [1.29, 1.82) is 0 Å². The van der Waals surface area contributed by atoms with Crippen LogP contribution in [0, 0.1) is 5.92 Å². The second kappa shape index (κ2) is 7.23. The summed E-state index contributed by atoms with van der Waals surface area (Å²) in [4.78, 5) is 12.4. The Balaban J connectivity index is 1.63. The van der Waals surface area contributed by atoms with Gasteiger partial charge in [0, 0.05) is 43.4 Å². The number of nitrogens with one attached hydrogen (secondary N) is 1. The molecular weight excluding hydrogens is 330 g/mol. The van der Waals surface area contributed by atoms with E-state index in [1.54, 1.807) is 22.9 Å². The van der Waals surface area contributed by atoms with E-state index in [0.29, 0.717) is 29.5 Å². The van der Waals surface area contributed by atoms with Crippen molar-refractivity contribution < 1.29 is 14.3 Å². The summed E-state index contributed by atoms with van der Waals surface area (Å²) in [5.74, 6) is 0.566. The average molecular weight is 350 g/mol. The zero-order chi connectivity index (χ0) is 17.1. The highest BCUT2D eigenvalue weighted by Crippen LogP contribution is 2.33. The van der Waals surface area contributed by atoms with Crippen LogP contribution in [-0.2, 0) is 11.8 Å². The molecule has 0 unspecified atom stereocenters. The van der Waals surface area contributed by atoms with E-state index in [-0.39, 0.29) is 17.9 Å². The Hall–Kier alpha value is -2.05. The van der Waals surface area contributed by atoms with Crippen molar-refractivity contribution in [3.8, 4) is 5.75 Å². The summed E-state index contributed by atoms with van der Waals surface area (Å²) >= 11 is 5.99. The molecule has 0 spiro atoms. The maximum atomic E-state index is 12.4. The van der Waals surface area contributed by atoms with Crippen LogP contribution in [0.15, 0.2) is 30.6 Å². The molecule has 1 aliphatic rings. The molecule has 2 atom stereocenters. The fraction of sp³-hybridized carbons (Fsp3) is 0.412. The molecule has 1 aromatic heterocycles. The standard InChI is InChI=1S/C17H20ClN3O3/c1-21-10-13(9-20-21)16-12(5-6-24-16)8-19-17(22)11-3-4-14(18)15(7-11)23-2/h3-4,7,9-10,12,16H,5-6,8H2,1-2H3,(H,19,22)/t12-,16+/m0/s1. The normalized spacial score (nSPS) is 20.1. The minimum absolute atomic E-state index is 0.0289. The topological polar surface area (TPSA) is 65.4 Å². The molecular formula is C17H20ClN3O3. The number of carbonyl (C=O) groups is 1. The number of amides is 1. The van der Waals surface area contributed by atoms with Crippen LogP contribution in [0.4, 0.5) is 0 Å². The van der Waals surface area contributed by atoms with Crippen LogP contribution in [0.5, 0.6) is 5.75 Å². The Morgan fingerprint density at radius 2 is 2.38 bits per heavy atom. The van der Waals surface area contributed by atoms with E-state index in [1.807, 2.05) is 19.4 Å². The SMILES string of the molecule is COc1cc(C(=O)NC[C@@H]2CCO[C@H]2c2cnn(C)c2)ccc1Cl. The number of aromatic nitrogens is 2. The minimum atomic E-state index is -0.151. The van der Waals surface area contributed by atoms with E-state index in [9.17, 15) is 4.79 Å². The number of aryl methyl sites for hydroxylation is 1. The van der Waals surface area contributed by atoms with Gasteiger partial charge in [-0.3, -0.25) is 9.48 Å². The highest BCUT2D eigenvalue weighted by atomic mass is 35.5. The first kappa shape index (κ1) is 16.8. The van der Waals surface area contributed by atoms with Crippen LogP contribution >= 0.6 is 11.6 Å². The third kappa shape index (κ3) is 3.55. The third-order valence-corrected chi connectivity index (χ3v) is 4.52. The summed E-state index contributed by atoms with van der Waals surface area (Å²) in [7, 11) is 3.40. The van der Waals surface area contributed by atoms with Crippen molar-refractivity contribution in [1.82, 2.24) is 15.1 Å². The van der Waals surface area contributed by atoms with Crippen molar-refractivity contribution in [2.45, 2.75) is 12.5 Å². The molecule has 0 bridgehead atoms. The van der Waals surface area contributed by atoms with Crippen molar-refractivity contribution >= 4 is 17.5 Å². The molecule has 1 fully saturated rings. The second-order valence-corrected chi connectivity index (χ2v) is 6.25. The lowest BCUT2D eigenvalue weighted by Crippen LogP contribution is -2.30. The fourth-order valence-electron chi connectivity index (χ4n) is 2.93. The molecule has 1 amide bonds.